The number of hydrogen-bond donors (Lipinski definition) is 9. The number of nitrogens with one attached hydrogen (secondary N) is 2. The van der Waals surface area contributed by atoms with Crippen molar-refractivity contribution in [1.82, 2.24) is 13.7 Å². The van der Waals surface area contributed by atoms with Crippen LogP contribution in [0.4, 0.5) is 24.5 Å². The molecule has 3 aromatic heterocycles. The van der Waals surface area contributed by atoms with E-state index in [-0.39, 0.29) is 159 Å². The van der Waals surface area contributed by atoms with Crippen molar-refractivity contribution in [3.8, 4) is 55.9 Å². The molecule has 0 spiro atoms. The monoisotopic (exact) mass is 1610 g/mol. The fourth-order valence-corrected chi connectivity index (χ4v) is 14.2. The smallest absolute Gasteiger partial charge is 1.00 e. The van der Waals surface area contributed by atoms with Crippen LogP contribution in [0.25, 0.3) is 72.9 Å². The van der Waals surface area contributed by atoms with E-state index in [2.05, 4.69) is 29.0 Å². The van der Waals surface area contributed by atoms with Crippen molar-refractivity contribution in [3.05, 3.63) is 270 Å². The number of halogens is 3. The number of amides is 2. The van der Waals surface area contributed by atoms with Crippen molar-refractivity contribution in [1.29, 1.82) is 0 Å². The zero-order valence-electron chi connectivity index (χ0n) is 66.6. The summed E-state index contributed by atoms with van der Waals surface area (Å²) < 4.78 is 47.6. The summed E-state index contributed by atoms with van der Waals surface area (Å²) in [5.74, 6) is -5.84. The Kier molecular flexibility index (Phi) is 35.8. The molecule has 11 rings (SSSR count). The summed E-state index contributed by atoms with van der Waals surface area (Å²) in [6.45, 7) is 12.6. The minimum atomic E-state index is -1.39. The van der Waals surface area contributed by atoms with E-state index in [1.54, 1.807) is 72.8 Å². The van der Waals surface area contributed by atoms with Gasteiger partial charge in [-0.3, -0.25) is 14.4 Å². The minimum Gasteiger partial charge on any atom is -1.00 e. The number of hydrogen-bond acceptors (Lipinski definition) is 13. The Morgan fingerprint density at radius 1 is 0.430 bits per heavy atom. The predicted octanol–water partition coefficient (Wildman–Crippen LogP) is 14.0. The zero-order valence-corrected chi connectivity index (χ0v) is 69.0. The van der Waals surface area contributed by atoms with Gasteiger partial charge in [-0.1, -0.05) is 161 Å². The quantitative estimate of drug-likeness (QED) is 0.0177. The van der Waals surface area contributed by atoms with E-state index in [1.807, 2.05) is 158 Å². The average Bonchev–Trinajstić information content (AvgIpc) is 1.60. The summed E-state index contributed by atoms with van der Waals surface area (Å²) >= 11 is 0. The molecule has 590 valence electrons. The van der Waals surface area contributed by atoms with Crippen LogP contribution in [0.3, 0.4) is 0 Å². The van der Waals surface area contributed by atoms with E-state index >= 15 is 0 Å². The fraction of sp³-hybridized carbons (Fsp3) is 0.278. The third-order valence-electron chi connectivity index (χ3n) is 18.8. The third-order valence-corrected chi connectivity index (χ3v) is 18.8. The van der Waals surface area contributed by atoms with Crippen LogP contribution < -0.4 is 20.8 Å². The molecular formula is C90H96Ca2F3N5O14. The second kappa shape index (κ2) is 44.2. The zero-order chi connectivity index (χ0) is 80.9. The molecule has 0 saturated carbocycles. The molecule has 0 fully saturated rings. The molecule has 0 aliphatic rings. The van der Waals surface area contributed by atoms with Gasteiger partial charge in [0.25, 0.3) is 11.8 Å². The number of carbonyl (C=O) groups excluding carboxylic acids is 4. The van der Waals surface area contributed by atoms with Gasteiger partial charge in [-0.25, -0.2) is 13.2 Å². The topological polar surface area (TPSA) is 312 Å². The number of carboxylic acid groups (broad SMARTS) is 3. The van der Waals surface area contributed by atoms with Crippen molar-refractivity contribution in [3.63, 3.8) is 0 Å². The van der Waals surface area contributed by atoms with E-state index in [9.17, 15) is 78.0 Å². The largest absolute Gasteiger partial charge is 2.00 e. The number of carboxylic acids is 3. The van der Waals surface area contributed by atoms with Crippen LogP contribution in [0.15, 0.2) is 224 Å². The molecule has 0 bridgehead atoms. The standard InChI is InChI=1S/2C33H35FN2O5.C24H26FNO4.2Ca.2H/c2*1-21(2)31-30(33(41)35-25-11-7-4-8-12-25)29(22-9-5-3-6-10-22)32(23-13-15-24(34)16-14-23)36(31)18-17-26(37)19-27(38)20-28(39)40;1-15(2)26-21-6-4-3-5-20(21)24(16-7-9-17(25)10-8-16)22(26)12-11-18(27)13-19(28)14-23(29)30;;;;/h2*3-16,21,26-27,37-38H,17-20H2,1-2H3,(H,35,41)(H,39,40);3-12,15,18-19,27-28H,13-14H2,1-2H3,(H,29,30);;;;/q;;;2*+2;2*-1/p-2/b;;12-11+;;;;/t2*26-,27-;18-,19-;;;;/m110..../s1. The number of aliphatic carboxylic acids is 3. The maximum absolute atomic E-state index is 14.0. The van der Waals surface area contributed by atoms with Crippen LogP contribution in [0.1, 0.15) is 151 Å². The van der Waals surface area contributed by atoms with Crippen LogP contribution in [0, 0.1) is 17.5 Å². The molecule has 19 nitrogen and oxygen atoms in total. The number of rotatable bonds is 32. The van der Waals surface area contributed by atoms with E-state index in [0.717, 1.165) is 50.2 Å². The maximum Gasteiger partial charge on any atom is 2.00 e. The van der Waals surface area contributed by atoms with Gasteiger partial charge in [0, 0.05) is 106 Å². The van der Waals surface area contributed by atoms with Crippen LogP contribution >= 0.6 is 0 Å². The molecule has 24 heteroatoms. The Bertz CT molecular complexity index is 4770. The Morgan fingerprint density at radius 2 is 0.772 bits per heavy atom. The number of fused-ring (bicyclic) bond motifs is 1. The van der Waals surface area contributed by atoms with Crippen LogP contribution in [-0.4, -0.2) is 191 Å². The summed E-state index contributed by atoms with van der Waals surface area (Å²) in [7, 11) is 0. The molecule has 11 aromatic rings. The number of para-hydroxylation sites is 3. The van der Waals surface area contributed by atoms with E-state index in [0.29, 0.717) is 56.1 Å². The SMILES string of the molecule is CC(C)c1c(C(=O)Nc2ccccc2)c(-c2ccccc2)c(-c2ccc(F)cc2)n1CC[C@@H](O)C[C@@H](O)CC(=O)[O-].CC(C)c1c(C(=O)Nc2ccccc2)c(-c2ccccc2)c(-c2ccc(F)cc2)n1CC[C@@H](O)C[C@@H](O)CC(=O)[O-].CC(C)n1c(/C=C/[C@H](O)C[C@H](O)CC(=O)O)c(-c2ccc(F)cc2)c2ccccc21.[Ca+2].[Ca+2].[H-].[H-]. The third kappa shape index (κ3) is 25.0. The number of benzene rings is 8. The first-order valence-corrected chi connectivity index (χ1v) is 37.2. The van der Waals surface area contributed by atoms with Gasteiger partial charge < -0.3 is 82.7 Å². The molecule has 3 heterocycles. The number of carbonyl (C=O) groups is 5. The van der Waals surface area contributed by atoms with Crippen molar-refractivity contribution in [2.24, 2.45) is 0 Å². The predicted molar refractivity (Wildman–Crippen MR) is 439 cm³/mol. The molecule has 0 aliphatic heterocycles. The second-order valence-corrected chi connectivity index (χ2v) is 28.4. The van der Waals surface area contributed by atoms with Gasteiger partial charge in [0.05, 0.1) is 65.6 Å². The fourth-order valence-electron chi connectivity index (χ4n) is 14.2. The molecule has 9 N–H and O–H groups in total. The van der Waals surface area contributed by atoms with Gasteiger partial charge in [-0.15, -0.1) is 0 Å². The molecule has 0 radical (unpaired) electrons. The number of nitrogens with zero attached hydrogens (tertiary/aromatic N) is 3. The summed E-state index contributed by atoms with van der Waals surface area (Å²) in [6, 6.07) is 63.8. The Balaban J connectivity index is 0.000000309. The van der Waals surface area contributed by atoms with E-state index in [4.69, 9.17) is 5.11 Å². The van der Waals surface area contributed by atoms with Gasteiger partial charge in [-0.2, -0.15) is 0 Å². The molecule has 0 unspecified atom stereocenters. The Labute approximate surface area is 724 Å². The van der Waals surface area contributed by atoms with Gasteiger partial charge >= 0.3 is 81.4 Å². The minimum absolute atomic E-state index is 0. The number of anilines is 2. The molecule has 114 heavy (non-hydrogen) atoms. The summed E-state index contributed by atoms with van der Waals surface area (Å²) in [6.07, 6.45) is -4.81. The average molecular weight is 1610 g/mol. The van der Waals surface area contributed by atoms with Gasteiger partial charge in [-0.05, 0) is 176 Å². The van der Waals surface area contributed by atoms with Crippen molar-refractivity contribution >= 4 is 134 Å². The van der Waals surface area contributed by atoms with E-state index < -0.39 is 85.4 Å². The van der Waals surface area contributed by atoms with Crippen LogP contribution in [0.5, 0.6) is 0 Å². The van der Waals surface area contributed by atoms with Crippen LogP contribution in [-0.2, 0) is 27.5 Å². The maximum atomic E-state index is 14.0. The van der Waals surface area contributed by atoms with Crippen molar-refractivity contribution in [2.45, 2.75) is 160 Å². The number of aliphatic hydroxyl groups excluding tert-OH is 6. The first kappa shape index (κ1) is 92.2. The van der Waals surface area contributed by atoms with Crippen molar-refractivity contribution < 1.29 is 86.0 Å². The molecule has 0 aliphatic carbocycles. The molecule has 0 saturated heterocycles. The van der Waals surface area contributed by atoms with Gasteiger partial charge in [0.1, 0.15) is 17.5 Å². The molecular weight excluding hydrogens is 1510 g/mol. The summed E-state index contributed by atoms with van der Waals surface area (Å²) in [4.78, 5) is 60.5. The second-order valence-electron chi connectivity index (χ2n) is 28.4. The van der Waals surface area contributed by atoms with E-state index in [1.165, 1.54) is 36.4 Å². The van der Waals surface area contributed by atoms with Crippen molar-refractivity contribution in [2.75, 3.05) is 10.6 Å². The Hall–Kier alpha value is -8.98. The number of aromatic nitrogens is 3. The summed E-state index contributed by atoms with van der Waals surface area (Å²) in [5, 5.41) is 99.1. The molecule has 6 atom stereocenters. The molecule has 8 aromatic carbocycles. The summed E-state index contributed by atoms with van der Waals surface area (Å²) in [5.41, 5.74) is 13.1. The molecule has 2 amide bonds. The van der Waals surface area contributed by atoms with Gasteiger partial charge in [0.2, 0.25) is 0 Å². The first-order chi connectivity index (χ1) is 53.6. The van der Waals surface area contributed by atoms with Gasteiger partial charge in [0.15, 0.2) is 0 Å². The first-order valence-electron chi connectivity index (χ1n) is 37.2. The number of aliphatic hydroxyl groups is 6. The van der Waals surface area contributed by atoms with Crippen LogP contribution in [0.2, 0.25) is 0 Å². The Morgan fingerprint density at radius 3 is 1.13 bits per heavy atom. The normalized spacial score (nSPS) is 12.8.